The van der Waals surface area contributed by atoms with Crippen molar-refractivity contribution in [3.63, 3.8) is 0 Å². The van der Waals surface area contributed by atoms with Crippen LogP contribution in [0.3, 0.4) is 0 Å². The van der Waals surface area contributed by atoms with Gasteiger partial charge < -0.3 is 14.6 Å². The van der Waals surface area contributed by atoms with Crippen LogP contribution in [0.2, 0.25) is 0 Å². The molecule has 0 aromatic heterocycles. The van der Waals surface area contributed by atoms with Gasteiger partial charge in [-0.2, -0.15) is 0 Å². The third-order valence-electron chi connectivity index (χ3n) is 4.05. The maximum absolute atomic E-state index is 11.4. The van der Waals surface area contributed by atoms with Gasteiger partial charge in [-0.05, 0) is 49.3 Å². The van der Waals surface area contributed by atoms with Crippen molar-refractivity contribution in [1.29, 1.82) is 0 Å². The molecule has 3 rings (SSSR count). The number of ether oxygens (including phenoxy) is 2. The van der Waals surface area contributed by atoms with Crippen LogP contribution in [0.15, 0.2) is 18.2 Å². The Hall–Kier alpha value is -1.71. The van der Waals surface area contributed by atoms with E-state index in [0.29, 0.717) is 36.9 Å². The molecular weight excluding hydrogens is 244 g/mol. The number of rotatable bonds is 6. The maximum Gasteiger partial charge on any atom is 0.314 e. The highest BCUT2D eigenvalue weighted by Crippen LogP contribution is 2.50. The van der Waals surface area contributed by atoms with E-state index in [1.165, 1.54) is 12.8 Å². The van der Waals surface area contributed by atoms with Gasteiger partial charge in [0.25, 0.3) is 0 Å². The maximum atomic E-state index is 11.4. The Bertz CT molecular complexity index is 501. The Kier molecular flexibility index (Phi) is 2.88. The molecule has 0 unspecified atom stereocenters. The summed E-state index contributed by atoms with van der Waals surface area (Å²) in [7, 11) is 1.60. The van der Waals surface area contributed by atoms with Crippen molar-refractivity contribution in [3.8, 4) is 11.5 Å². The zero-order chi connectivity index (χ0) is 13.5. The van der Waals surface area contributed by atoms with Gasteiger partial charge in [0.2, 0.25) is 0 Å². The van der Waals surface area contributed by atoms with Gasteiger partial charge in [0.1, 0.15) is 0 Å². The molecule has 0 aliphatic heterocycles. The van der Waals surface area contributed by atoms with E-state index in [-0.39, 0.29) is 0 Å². The average Bonchev–Trinajstić information content (AvgIpc) is 3.29. The van der Waals surface area contributed by atoms with E-state index < -0.39 is 11.4 Å². The minimum absolute atomic E-state index is 0.655. The van der Waals surface area contributed by atoms with Gasteiger partial charge in [0.15, 0.2) is 11.5 Å². The lowest BCUT2D eigenvalue weighted by molar-refractivity contribution is -0.140. The average molecular weight is 262 g/mol. The highest BCUT2D eigenvalue weighted by atomic mass is 16.5. The topological polar surface area (TPSA) is 55.8 Å². The van der Waals surface area contributed by atoms with Crippen molar-refractivity contribution in [2.75, 3.05) is 13.7 Å². The van der Waals surface area contributed by atoms with E-state index in [0.717, 1.165) is 5.56 Å². The predicted octanol–water partition coefficient (Wildman–Crippen LogP) is 2.60. The molecule has 0 spiro atoms. The molecule has 0 heterocycles. The SMILES string of the molecule is COc1ccc(C2(C(=O)O)CC2)cc1OCC1CC1. The number of hydrogen-bond donors (Lipinski definition) is 1. The van der Waals surface area contributed by atoms with Crippen molar-refractivity contribution in [2.24, 2.45) is 5.92 Å². The highest BCUT2D eigenvalue weighted by Gasteiger charge is 2.52. The molecule has 2 fully saturated rings. The standard InChI is InChI=1S/C15H18O4/c1-18-12-5-4-11(15(6-7-15)14(16)17)8-13(12)19-9-10-2-3-10/h4-5,8,10H,2-3,6-7,9H2,1H3,(H,16,17). The Morgan fingerprint density at radius 1 is 1.37 bits per heavy atom. The first kappa shape index (κ1) is 12.3. The molecule has 0 saturated heterocycles. The highest BCUT2D eigenvalue weighted by molar-refractivity contribution is 5.85. The molecule has 2 saturated carbocycles. The number of benzene rings is 1. The van der Waals surface area contributed by atoms with Crippen LogP contribution in [0, 0.1) is 5.92 Å². The summed E-state index contributed by atoms with van der Waals surface area (Å²) in [6, 6.07) is 5.48. The number of carboxylic acids is 1. The number of carbonyl (C=O) groups is 1. The van der Waals surface area contributed by atoms with Crippen LogP contribution in [-0.2, 0) is 10.2 Å². The first-order chi connectivity index (χ1) is 9.15. The van der Waals surface area contributed by atoms with Crippen molar-refractivity contribution >= 4 is 5.97 Å². The molecular formula is C15H18O4. The fourth-order valence-electron chi connectivity index (χ4n) is 2.33. The molecule has 0 atom stereocenters. The van der Waals surface area contributed by atoms with E-state index >= 15 is 0 Å². The molecule has 0 radical (unpaired) electrons. The minimum Gasteiger partial charge on any atom is -0.493 e. The molecule has 0 bridgehead atoms. The van der Waals surface area contributed by atoms with Crippen LogP contribution in [0.25, 0.3) is 0 Å². The van der Waals surface area contributed by atoms with Gasteiger partial charge in [-0.3, -0.25) is 4.79 Å². The summed E-state index contributed by atoms with van der Waals surface area (Å²) in [5, 5.41) is 9.33. The summed E-state index contributed by atoms with van der Waals surface area (Å²) in [5.41, 5.74) is 0.135. The van der Waals surface area contributed by atoms with E-state index in [9.17, 15) is 9.90 Å². The van der Waals surface area contributed by atoms with E-state index in [1.807, 2.05) is 12.1 Å². The lowest BCUT2D eigenvalue weighted by Gasteiger charge is -2.15. The van der Waals surface area contributed by atoms with Gasteiger partial charge in [-0.1, -0.05) is 6.07 Å². The smallest absolute Gasteiger partial charge is 0.314 e. The number of methoxy groups -OCH3 is 1. The van der Waals surface area contributed by atoms with Crippen molar-refractivity contribution in [1.82, 2.24) is 0 Å². The van der Waals surface area contributed by atoms with Gasteiger partial charge >= 0.3 is 5.97 Å². The zero-order valence-electron chi connectivity index (χ0n) is 11.0. The van der Waals surface area contributed by atoms with Gasteiger partial charge in [-0.25, -0.2) is 0 Å². The van der Waals surface area contributed by atoms with Crippen LogP contribution in [0.1, 0.15) is 31.2 Å². The Balaban J connectivity index is 1.85. The van der Waals surface area contributed by atoms with E-state index in [2.05, 4.69) is 0 Å². The monoisotopic (exact) mass is 262 g/mol. The molecule has 1 aromatic carbocycles. The molecule has 1 aromatic rings. The van der Waals surface area contributed by atoms with Gasteiger partial charge in [0, 0.05) is 0 Å². The van der Waals surface area contributed by atoms with E-state index in [4.69, 9.17) is 9.47 Å². The second-order valence-electron chi connectivity index (χ2n) is 5.51. The molecule has 0 amide bonds. The van der Waals surface area contributed by atoms with E-state index in [1.54, 1.807) is 13.2 Å². The number of carboxylic acid groups (broad SMARTS) is 1. The quantitative estimate of drug-likeness (QED) is 0.856. The normalized spacial score (nSPS) is 19.8. The summed E-state index contributed by atoms with van der Waals surface area (Å²) >= 11 is 0. The Morgan fingerprint density at radius 3 is 2.63 bits per heavy atom. The van der Waals surface area contributed by atoms with Crippen molar-refractivity contribution in [2.45, 2.75) is 31.1 Å². The summed E-state index contributed by atoms with van der Waals surface area (Å²) in [5.74, 6) is 1.25. The fourth-order valence-corrected chi connectivity index (χ4v) is 2.33. The Labute approximate surface area is 112 Å². The molecule has 1 N–H and O–H groups in total. The Morgan fingerprint density at radius 2 is 2.11 bits per heavy atom. The number of aliphatic carboxylic acids is 1. The summed E-state index contributed by atoms with van der Waals surface area (Å²) in [6.07, 6.45) is 3.86. The van der Waals surface area contributed by atoms with Crippen LogP contribution in [0.5, 0.6) is 11.5 Å². The molecule has 4 heteroatoms. The first-order valence-corrected chi connectivity index (χ1v) is 6.70. The summed E-state index contributed by atoms with van der Waals surface area (Å²) < 4.78 is 11.1. The largest absolute Gasteiger partial charge is 0.493 e. The van der Waals surface area contributed by atoms with Gasteiger partial charge in [0.05, 0.1) is 19.1 Å². The predicted molar refractivity (Wildman–Crippen MR) is 69.8 cm³/mol. The molecule has 102 valence electrons. The van der Waals surface area contributed by atoms with Crippen LogP contribution >= 0.6 is 0 Å². The van der Waals surface area contributed by atoms with Crippen LogP contribution < -0.4 is 9.47 Å². The molecule has 4 nitrogen and oxygen atoms in total. The zero-order valence-corrected chi connectivity index (χ0v) is 11.0. The summed E-state index contributed by atoms with van der Waals surface area (Å²) in [4.78, 5) is 11.4. The molecule has 19 heavy (non-hydrogen) atoms. The second kappa shape index (κ2) is 4.44. The van der Waals surface area contributed by atoms with Crippen molar-refractivity contribution < 1.29 is 19.4 Å². The first-order valence-electron chi connectivity index (χ1n) is 6.70. The fraction of sp³-hybridized carbons (Fsp3) is 0.533. The lowest BCUT2D eigenvalue weighted by atomic mass is 9.96. The van der Waals surface area contributed by atoms with Crippen molar-refractivity contribution in [3.05, 3.63) is 23.8 Å². The molecule has 2 aliphatic rings. The lowest BCUT2D eigenvalue weighted by Crippen LogP contribution is -2.19. The number of hydrogen-bond acceptors (Lipinski definition) is 3. The van der Waals surface area contributed by atoms with Crippen LogP contribution in [-0.4, -0.2) is 24.8 Å². The van der Waals surface area contributed by atoms with Gasteiger partial charge in [-0.15, -0.1) is 0 Å². The third-order valence-corrected chi connectivity index (χ3v) is 4.05. The molecule has 2 aliphatic carbocycles. The third kappa shape index (κ3) is 2.27. The van der Waals surface area contributed by atoms with Crippen LogP contribution in [0.4, 0.5) is 0 Å². The minimum atomic E-state index is -0.745. The summed E-state index contributed by atoms with van der Waals surface area (Å²) in [6.45, 7) is 0.694. The second-order valence-corrected chi connectivity index (χ2v) is 5.51.